The van der Waals surface area contributed by atoms with Crippen LogP contribution >= 0.6 is 0 Å². The van der Waals surface area contributed by atoms with E-state index in [1.165, 1.54) is 12.7 Å². The quantitative estimate of drug-likeness (QED) is 0.816. The van der Waals surface area contributed by atoms with Crippen LogP contribution in [-0.2, 0) is 9.53 Å². The molecule has 0 amide bonds. The number of esters is 1. The van der Waals surface area contributed by atoms with E-state index < -0.39 is 0 Å². The zero-order valence-electron chi connectivity index (χ0n) is 13.8. The first-order valence-corrected chi connectivity index (χ1v) is 8.13. The molecular weight excluding hydrogens is 278 g/mol. The van der Waals surface area contributed by atoms with Crippen molar-refractivity contribution in [1.29, 1.82) is 0 Å². The number of hydrogen-bond donors (Lipinski definition) is 1. The Labute approximate surface area is 133 Å². The zero-order valence-corrected chi connectivity index (χ0v) is 13.8. The molecule has 1 aliphatic rings. The molecule has 1 N–H and O–H groups in total. The number of likely N-dealkylation sites (tertiary alicyclic amines) is 1. The molecule has 0 radical (unpaired) electrons. The summed E-state index contributed by atoms with van der Waals surface area (Å²) in [6.07, 6.45) is 6.58. The number of carbonyl (C=O) groups excluding carboxylic acids is 1. The molecule has 2 rings (SSSR count). The number of methoxy groups -OCH3 is 1. The molecule has 0 bridgehead atoms. The van der Waals surface area contributed by atoms with Gasteiger partial charge >= 0.3 is 5.97 Å². The molecule has 0 unspecified atom stereocenters. The Balaban J connectivity index is 1.84. The van der Waals surface area contributed by atoms with Crippen LogP contribution in [0.25, 0.3) is 0 Å². The van der Waals surface area contributed by atoms with Crippen molar-refractivity contribution in [1.82, 2.24) is 15.2 Å². The van der Waals surface area contributed by atoms with Crippen LogP contribution in [0.3, 0.4) is 0 Å². The number of hydrogen-bond acceptors (Lipinski definition) is 5. The Hall–Kier alpha value is -1.46. The summed E-state index contributed by atoms with van der Waals surface area (Å²) in [6.45, 7) is 6.33. The molecule has 2 heterocycles. The first-order valence-electron chi connectivity index (χ1n) is 8.13. The molecule has 0 aliphatic carbocycles. The van der Waals surface area contributed by atoms with E-state index in [-0.39, 0.29) is 12.0 Å². The van der Waals surface area contributed by atoms with Gasteiger partial charge in [-0.1, -0.05) is 6.92 Å². The summed E-state index contributed by atoms with van der Waals surface area (Å²) < 4.78 is 4.84. The maximum atomic E-state index is 11.7. The van der Waals surface area contributed by atoms with E-state index in [1.807, 2.05) is 19.3 Å². The van der Waals surface area contributed by atoms with E-state index >= 15 is 0 Å². The van der Waals surface area contributed by atoms with E-state index in [0.717, 1.165) is 32.4 Å². The van der Waals surface area contributed by atoms with Crippen LogP contribution < -0.4 is 5.32 Å². The van der Waals surface area contributed by atoms with Gasteiger partial charge in [0.1, 0.15) is 6.04 Å². The Bertz CT molecular complexity index is 458. The Morgan fingerprint density at radius 3 is 2.59 bits per heavy atom. The van der Waals surface area contributed by atoms with Gasteiger partial charge in [-0.25, -0.2) is 0 Å². The molecule has 0 aromatic carbocycles. The molecule has 122 valence electrons. The van der Waals surface area contributed by atoms with Gasteiger partial charge in [0.15, 0.2) is 0 Å². The summed E-state index contributed by atoms with van der Waals surface area (Å²) in [5.74, 6) is -0.157. The second-order valence-electron chi connectivity index (χ2n) is 5.92. The van der Waals surface area contributed by atoms with Crippen LogP contribution in [0.5, 0.6) is 0 Å². The van der Waals surface area contributed by atoms with Crippen LogP contribution in [0.1, 0.15) is 44.7 Å². The minimum absolute atomic E-state index is 0.157. The van der Waals surface area contributed by atoms with Gasteiger partial charge in [-0.15, -0.1) is 0 Å². The van der Waals surface area contributed by atoms with E-state index in [0.29, 0.717) is 12.1 Å². The Morgan fingerprint density at radius 1 is 1.41 bits per heavy atom. The van der Waals surface area contributed by atoms with E-state index in [4.69, 9.17) is 4.74 Å². The molecule has 0 spiro atoms. The van der Waals surface area contributed by atoms with Crippen molar-refractivity contribution in [2.75, 3.05) is 20.2 Å². The fraction of sp³-hybridized carbons (Fsp3) is 0.647. The largest absolute Gasteiger partial charge is 0.468 e. The zero-order chi connectivity index (χ0) is 15.9. The molecule has 22 heavy (non-hydrogen) atoms. The first kappa shape index (κ1) is 16.9. The number of nitrogens with zero attached hydrogens (tertiary/aromatic N) is 2. The minimum atomic E-state index is -0.181. The van der Waals surface area contributed by atoms with Gasteiger partial charge in [0.2, 0.25) is 0 Å². The van der Waals surface area contributed by atoms with Crippen LogP contribution in [-0.4, -0.2) is 48.1 Å². The summed E-state index contributed by atoms with van der Waals surface area (Å²) >= 11 is 0. The van der Waals surface area contributed by atoms with Crippen molar-refractivity contribution >= 4 is 5.97 Å². The number of ether oxygens (including phenoxy) is 1. The highest BCUT2D eigenvalue weighted by Crippen LogP contribution is 2.24. The molecule has 1 aromatic rings. The molecule has 1 fully saturated rings. The van der Waals surface area contributed by atoms with Crippen molar-refractivity contribution in [2.45, 2.75) is 51.2 Å². The standard InChI is InChI=1S/C17H27N3O2/c1-4-16(17(21)22-3)19-15-7-11-20(12-8-15)13(2)14-5-9-18-10-6-14/h5-6,9-10,13,15-16,19H,4,7-8,11-12H2,1-3H3/t13-,16+/m1/s1. The van der Waals surface area contributed by atoms with E-state index in [2.05, 4.69) is 34.3 Å². The average molecular weight is 305 g/mol. The third-order valence-electron chi connectivity index (χ3n) is 4.60. The van der Waals surface area contributed by atoms with Gasteiger partial charge in [0.25, 0.3) is 0 Å². The maximum Gasteiger partial charge on any atom is 0.322 e. The number of piperidine rings is 1. The van der Waals surface area contributed by atoms with Crippen LogP contribution in [0.4, 0.5) is 0 Å². The van der Waals surface area contributed by atoms with E-state index in [9.17, 15) is 4.79 Å². The molecule has 5 nitrogen and oxygen atoms in total. The minimum Gasteiger partial charge on any atom is -0.468 e. The summed E-state index contributed by atoms with van der Waals surface area (Å²) in [5.41, 5.74) is 1.31. The van der Waals surface area contributed by atoms with Crippen molar-refractivity contribution in [3.05, 3.63) is 30.1 Å². The second kappa shape index (κ2) is 8.25. The fourth-order valence-corrected chi connectivity index (χ4v) is 3.09. The molecule has 1 saturated heterocycles. The van der Waals surface area contributed by atoms with Crippen LogP contribution in [0, 0.1) is 0 Å². The number of carbonyl (C=O) groups is 1. The third-order valence-corrected chi connectivity index (χ3v) is 4.60. The van der Waals surface area contributed by atoms with Crippen molar-refractivity contribution in [2.24, 2.45) is 0 Å². The van der Waals surface area contributed by atoms with Crippen molar-refractivity contribution < 1.29 is 9.53 Å². The van der Waals surface area contributed by atoms with Crippen LogP contribution in [0.15, 0.2) is 24.5 Å². The van der Waals surface area contributed by atoms with Gasteiger partial charge in [-0.2, -0.15) is 0 Å². The monoisotopic (exact) mass is 305 g/mol. The van der Waals surface area contributed by atoms with Gasteiger partial charge < -0.3 is 10.1 Å². The molecule has 0 saturated carbocycles. The lowest BCUT2D eigenvalue weighted by atomic mass is 9.99. The Kier molecular flexibility index (Phi) is 6.34. The molecule has 5 heteroatoms. The number of pyridine rings is 1. The van der Waals surface area contributed by atoms with Gasteiger partial charge in [0, 0.05) is 37.6 Å². The van der Waals surface area contributed by atoms with E-state index in [1.54, 1.807) is 0 Å². The maximum absolute atomic E-state index is 11.7. The fourth-order valence-electron chi connectivity index (χ4n) is 3.09. The first-order chi connectivity index (χ1) is 10.7. The summed E-state index contributed by atoms with van der Waals surface area (Å²) in [6, 6.07) is 4.79. The average Bonchev–Trinajstić information content (AvgIpc) is 2.59. The van der Waals surface area contributed by atoms with Gasteiger partial charge in [0.05, 0.1) is 7.11 Å². The summed E-state index contributed by atoms with van der Waals surface area (Å²) in [7, 11) is 1.45. The van der Waals surface area contributed by atoms with Crippen molar-refractivity contribution in [3.63, 3.8) is 0 Å². The molecule has 1 aromatic heterocycles. The topological polar surface area (TPSA) is 54.5 Å². The number of rotatable bonds is 6. The molecule has 1 aliphatic heterocycles. The number of aromatic nitrogens is 1. The highest BCUT2D eigenvalue weighted by Gasteiger charge is 2.26. The molecular formula is C17H27N3O2. The van der Waals surface area contributed by atoms with Gasteiger partial charge in [-0.3, -0.25) is 14.7 Å². The predicted octanol–water partition coefficient (Wildman–Crippen LogP) is 2.15. The third kappa shape index (κ3) is 4.27. The summed E-state index contributed by atoms with van der Waals surface area (Å²) in [4.78, 5) is 18.2. The highest BCUT2D eigenvalue weighted by molar-refractivity contribution is 5.75. The highest BCUT2D eigenvalue weighted by atomic mass is 16.5. The van der Waals surface area contributed by atoms with Crippen molar-refractivity contribution in [3.8, 4) is 0 Å². The van der Waals surface area contributed by atoms with Gasteiger partial charge in [-0.05, 0) is 43.9 Å². The normalized spacial score (nSPS) is 19.6. The lowest BCUT2D eigenvalue weighted by Gasteiger charge is -2.37. The second-order valence-corrected chi connectivity index (χ2v) is 5.92. The Morgan fingerprint density at radius 2 is 2.05 bits per heavy atom. The SMILES string of the molecule is CC[C@H](NC1CCN([C@H](C)c2ccncc2)CC1)C(=O)OC. The predicted molar refractivity (Wildman–Crippen MR) is 86.5 cm³/mol. The lowest BCUT2D eigenvalue weighted by Crippen LogP contribution is -2.49. The lowest BCUT2D eigenvalue weighted by molar-refractivity contribution is -0.143. The van der Waals surface area contributed by atoms with Crippen LogP contribution in [0.2, 0.25) is 0 Å². The molecule has 2 atom stereocenters. The number of nitrogens with one attached hydrogen (secondary N) is 1. The summed E-state index contributed by atoms with van der Waals surface area (Å²) in [5, 5.41) is 3.44. The smallest absolute Gasteiger partial charge is 0.322 e.